The van der Waals surface area contributed by atoms with Crippen molar-refractivity contribution in [2.45, 2.75) is 18.4 Å². The van der Waals surface area contributed by atoms with E-state index in [1.54, 1.807) is 37.4 Å². The molecule has 0 aliphatic heterocycles. The van der Waals surface area contributed by atoms with Gasteiger partial charge in [-0.1, -0.05) is 12.1 Å². The van der Waals surface area contributed by atoms with E-state index in [-0.39, 0.29) is 22.7 Å². The molecule has 3 aromatic rings. The van der Waals surface area contributed by atoms with Crippen LogP contribution in [0.5, 0.6) is 0 Å². The number of anilines is 1. The molecule has 2 N–H and O–H groups in total. The van der Waals surface area contributed by atoms with Crippen LogP contribution in [0.4, 0.5) is 10.1 Å². The molecule has 0 unspecified atom stereocenters. The molecule has 1 heterocycles. The highest BCUT2D eigenvalue weighted by Gasteiger charge is 2.19. The molecule has 0 aliphatic rings. The fourth-order valence-corrected chi connectivity index (χ4v) is 3.86. The maximum absolute atomic E-state index is 13.0. The van der Waals surface area contributed by atoms with E-state index in [0.29, 0.717) is 11.3 Å². The third kappa shape index (κ3) is 4.72. The molecular weight excluding hydrogens is 381 g/mol. The topological polar surface area (TPSA) is 88.2 Å². The lowest BCUT2D eigenvalue weighted by Crippen LogP contribution is -2.24. The van der Waals surface area contributed by atoms with Gasteiger partial charge >= 0.3 is 0 Å². The van der Waals surface area contributed by atoms with E-state index >= 15 is 0 Å². The lowest BCUT2D eigenvalue weighted by molar-refractivity contribution is 0.0950. The molecule has 1 aromatic heterocycles. The summed E-state index contributed by atoms with van der Waals surface area (Å²) in [4.78, 5) is 16.5. The molecule has 0 bridgehead atoms. The van der Waals surface area contributed by atoms with Gasteiger partial charge in [0.1, 0.15) is 5.82 Å². The number of aromatic nitrogens is 1. The fraction of sp³-hybridized carbons (Fsp3) is 0.100. The highest BCUT2D eigenvalue weighted by Crippen LogP contribution is 2.21. The van der Waals surface area contributed by atoms with Crippen molar-refractivity contribution >= 4 is 21.6 Å². The first-order valence-corrected chi connectivity index (χ1v) is 9.90. The number of halogens is 1. The Hall–Kier alpha value is -3.26. The molecule has 0 saturated carbocycles. The van der Waals surface area contributed by atoms with Gasteiger partial charge in [-0.3, -0.25) is 14.5 Å². The molecule has 1 amide bonds. The predicted octanol–water partition coefficient (Wildman–Crippen LogP) is 3.26. The van der Waals surface area contributed by atoms with Gasteiger partial charge in [-0.05, 0) is 61.0 Å². The first-order chi connectivity index (χ1) is 13.3. The summed E-state index contributed by atoms with van der Waals surface area (Å²) in [6.07, 6.45) is 1.62. The molecule has 0 fully saturated rings. The minimum Gasteiger partial charge on any atom is -0.346 e. The molecule has 144 valence electrons. The van der Waals surface area contributed by atoms with E-state index in [4.69, 9.17) is 0 Å². The summed E-state index contributed by atoms with van der Waals surface area (Å²) in [5.74, 6) is -0.880. The summed E-state index contributed by atoms with van der Waals surface area (Å²) in [5.41, 5.74) is 1.61. The van der Waals surface area contributed by atoms with Crippen LogP contribution in [0.15, 0.2) is 71.8 Å². The lowest BCUT2D eigenvalue weighted by atomic mass is 10.1. The van der Waals surface area contributed by atoms with E-state index in [1.165, 1.54) is 18.2 Å². The van der Waals surface area contributed by atoms with Gasteiger partial charge in [-0.15, -0.1) is 0 Å². The molecule has 2 aromatic carbocycles. The second kappa shape index (κ2) is 8.18. The van der Waals surface area contributed by atoms with Crippen molar-refractivity contribution < 1.29 is 17.6 Å². The molecule has 0 aliphatic carbocycles. The van der Waals surface area contributed by atoms with Crippen LogP contribution in [0.3, 0.4) is 0 Å². The third-order valence-electron chi connectivity index (χ3n) is 3.99. The quantitative estimate of drug-likeness (QED) is 0.666. The average Bonchev–Trinajstić information content (AvgIpc) is 2.69. The van der Waals surface area contributed by atoms with Crippen LogP contribution in [0, 0.1) is 12.7 Å². The first-order valence-electron chi connectivity index (χ1n) is 8.42. The van der Waals surface area contributed by atoms with Gasteiger partial charge in [-0.2, -0.15) is 0 Å². The number of carbonyl (C=O) groups is 1. The van der Waals surface area contributed by atoms with Gasteiger partial charge in [0.2, 0.25) is 0 Å². The monoisotopic (exact) mass is 399 g/mol. The predicted molar refractivity (Wildman–Crippen MR) is 104 cm³/mol. The molecule has 3 rings (SSSR count). The Morgan fingerprint density at radius 1 is 1.07 bits per heavy atom. The average molecular weight is 399 g/mol. The first kappa shape index (κ1) is 19.5. The number of amides is 1. The number of benzene rings is 2. The van der Waals surface area contributed by atoms with Gasteiger partial charge in [-0.25, -0.2) is 12.8 Å². The molecule has 28 heavy (non-hydrogen) atoms. The summed E-state index contributed by atoms with van der Waals surface area (Å²) >= 11 is 0. The van der Waals surface area contributed by atoms with Crippen molar-refractivity contribution in [1.82, 2.24) is 10.3 Å². The standard InChI is InChI=1S/C20H18FN3O3S/c1-14-5-6-15(20(25)23-13-18-4-2-3-11-22-18)12-19(14)28(26,27)24-17-9-7-16(21)8-10-17/h2-12,24H,13H2,1H3,(H,23,25). The second-order valence-electron chi connectivity index (χ2n) is 6.10. The molecular formula is C20H18FN3O3S. The van der Waals surface area contributed by atoms with E-state index in [0.717, 1.165) is 12.1 Å². The summed E-state index contributed by atoms with van der Waals surface area (Å²) in [5, 5.41) is 2.71. The number of pyridine rings is 1. The van der Waals surface area contributed by atoms with E-state index in [1.807, 2.05) is 6.07 Å². The largest absolute Gasteiger partial charge is 0.346 e. The minimum absolute atomic E-state index is 0.0256. The van der Waals surface area contributed by atoms with Crippen LogP contribution in [-0.2, 0) is 16.6 Å². The van der Waals surface area contributed by atoms with Crippen molar-refractivity contribution in [3.8, 4) is 0 Å². The van der Waals surface area contributed by atoms with Crippen LogP contribution in [0.2, 0.25) is 0 Å². The maximum atomic E-state index is 13.0. The summed E-state index contributed by atoms with van der Waals surface area (Å²) in [7, 11) is -3.94. The summed E-state index contributed by atoms with van der Waals surface area (Å²) in [6.45, 7) is 1.86. The van der Waals surface area contributed by atoms with Crippen molar-refractivity contribution in [3.63, 3.8) is 0 Å². The van der Waals surface area contributed by atoms with Crippen molar-refractivity contribution in [2.75, 3.05) is 4.72 Å². The molecule has 0 saturated heterocycles. The van der Waals surface area contributed by atoms with E-state index in [2.05, 4.69) is 15.0 Å². The number of nitrogens with one attached hydrogen (secondary N) is 2. The van der Waals surface area contributed by atoms with Crippen molar-refractivity contribution in [3.05, 3.63) is 89.5 Å². The van der Waals surface area contributed by atoms with Gasteiger partial charge in [0, 0.05) is 17.4 Å². The van der Waals surface area contributed by atoms with Gasteiger partial charge in [0.15, 0.2) is 0 Å². The van der Waals surface area contributed by atoms with Crippen molar-refractivity contribution in [1.29, 1.82) is 0 Å². The zero-order valence-electron chi connectivity index (χ0n) is 15.0. The van der Waals surface area contributed by atoms with Crippen LogP contribution < -0.4 is 10.0 Å². The molecule has 0 radical (unpaired) electrons. The maximum Gasteiger partial charge on any atom is 0.262 e. The van der Waals surface area contributed by atoms with E-state index < -0.39 is 21.7 Å². The van der Waals surface area contributed by atoms with Gasteiger partial charge in [0.25, 0.3) is 15.9 Å². The van der Waals surface area contributed by atoms with Crippen LogP contribution in [-0.4, -0.2) is 19.3 Å². The number of aryl methyl sites for hydroxylation is 1. The number of hydrogen-bond donors (Lipinski definition) is 2. The minimum atomic E-state index is -3.94. The third-order valence-corrected chi connectivity index (χ3v) is 5.52. The number of sulfonamides is 1. The smallest absolute Gasteiger partial charge is 0.262 e. The van der Waals surface area contributed by atoms with E-state index in [9.17, 15) is 17.6 Å². The molecule has 0 spiro atoms. The zero-order valence-corrected chi connectivity index (χ0v) is 15.8. The fourth-order valence-electron chi connectivity index (χ4n) is 2.53. The number of rotatable bonds is 6. The number of carbonyl (C=O) groups excluding carboxylic acids is 1. The molecule has 6 nitrogen and oxygen atoms in total. The van der Waals surface area contributed by atoms with Gasteiger partial charge < -0.3 is 5.32 Å². The molecule has 8 heteroatoms. The highest BCUT2D eigenvalue weighted by molar-refractivity contribution is 7.92. The number of nitrogens with zero attached hydrogens (tertiary/aromatic N) is 1. The van der Waals surface area contributed by atoms with Crippen LogP contribution in [0.25, 0.3) is 0 Å². The normalized spacial score (nSPS) is 11.1. The zero-order chi connectivity index (χ0) is 20.1. The summed E-state index contributed by atoms with van der Waals surface area (Å²) in [6, 6.07) is 14.8. The summed E-state index contributed by atoms with van der Waals surface area (Å²) < 4.78 is 40.8. The van der Waals surface area contributed by atoms with Crippen molar-refractivity contribution in [2.24, 2.45) is 0 Å². The SMILES string of the molecule is Cc1ccc(C(=O)NCc2ccccn2)cc1S(=O)(=O)Nc1ccc(F)cc1. The highest BCUT2D eigenvalue weighted by atomic mass is 32.2. The van der Waals surface area contributed by atoms with Crippen LogP contribution >= 0.6 is 0 Å². The Kier molecular flexibility index (Phi) is 5.70. The lowest BCUT2D eigenvalue weighted by Gasteiger charge is -2.12. The molecule has 0 atom stereocenters. The Morgan fingerprint density at radius 2 is 1.82 bits per heavy atom. The Morgan fingerprint density at radius 3 is 2.50 bits per heavy atom. The van der Waals surface area contributed by atoms with Crippen LogP contribution in [0.1, 0.15) is 21.6 Å². The Bertz CT molecular complexity index is 1090. The Balaban J connectivity index is 1.80. The van der Waals surface area contributed by atoms with Gasteiger partial charge in [0.05, 0.1) is 17.1 Å². The Labute approximate surface area is 162 Å². The second-order valence-corrected chi connectivity index (χ2v) is 7.75. The number of hydrogen-bond acceptors (Lipinski definition) is 4.